The van der Waals surface area contributed by atoms with Crippen LogP contribution in [0.2, 0.25) is 0 Å². The Labute approximate surface area is 173 Å². The van der Waals surface area contributed by atoms with Crippen LogP contribution in [0.1, 0.15) is 55.5 Å². The number of carbonyl (C=O) groups excluding carboxylic acids is 1. The van der Waals surface area contributed by atoms with Crippen molar-refractivity contribution < 1.29 is 19.0 Å². The van der Waals surface area contributed by atoms with Gasteiger partial charge in [-0.2, -0.15) is 0 Å². The summed E-state index contributed by atoms with van der Waals surface area (Å²) < 4.78 is 17.0. The van der Waals surface area contributed by atoms with Crippen LogP contribution >= 0.6 is 11.6 Å². The molecule has 2 aliphatic rings. The number of esters is 1. The molecular formula is C22H32ClNO4. The van der Waals surface area contributed by atoms with Gasteiger partial charge in [0.1, 0.15) is 11.9 Å². The lowest BCUT2D eigenvalue weighted by Gasteiger charge is -2.40. The Morgan fingerprint density at radius 1 is 1.36 bits per heavy atom. The number of piperidine rings is 1. The maximum absolute atomic E-state index is 12.1. The molecule has 3 unspecified atom stereocenters. The van der Waals surface area contributed by atoms with Crippen LogP contribution in [-0.4, -0.2) is 55.9 Å². The van der Waals surface area contributed by atoms with Gasteiger partial charge in [0.25, 0.3) is 0 Å². The van der Waals surface area contributed by atoms with E-state index >= 15 is 0 Å². The zero-order valence-electron chi connectivity index (χ0n) is 17.0. The summed E-state index contributed by atoms with van der Waals surface area (Å²) in [5, 5.41) is 0. The van der Waals surface area contributed by atoms with E-state index in [1.807, 2.05) is 12.1 Å². The van der Waals surface area contributed by atoms with Crippen LogP contribution in [0.15, 0.2) is 18.2 Å². The van der Waals surface area contributed by atoms with Gasteiger partial charge in [-0.3, -0.25) is 4.90 Å². The molecule has 156 valence electrons. The molecule has 0 amide bonds. The summed E-state index contributed by atoms with van der Waals surface area (Å²) in [7, 11) is 0. The fourth-order valence-corrected chi connectivity index (χ4v) is 4.51. The number of nitrogens with zero attached hydrogens (tertiary/aromatic N) is 1. The van der Waals surface area contributed by atoms with Gasteiger partial charge in [0.05, 0.1) is 18.8 Å². The van der Waals surface area contributed by atoms with E-state index in [0.29, 0.717) is 24.1 Å². The van der Waals surface area contributed by atoms with E-state index < -0.39 is 0 Å². The molecule has 2 aliphatic heterocycles. The highest BCUT2D eigenvalue weighted by Crippen LogP contribution is 2.27. The highest BCUT2D eigenvalue weighted by Gasteiger charge is 2.31. The van der Waals surface area contributed by atoms with Crippen LogP contribution in [0.25, 0.3) is 0 Å². The molecule has 1 aromatic rings. The average molecular weight is 410 g/mol. The molecule has 0 aliphatic carbocycles. The number of rotatable bonds is 8. The third-order valence-corrected chi connectivity index (χ3v) is 6.05. The van der Waals surface area contributed by atoms with E-state index in [9.17, 15) is 4.79 Å². The molecule has 2 saturated heterocycles. The predicted octanol–water partition coefficient (Wildman–Crippen LogP) is 4.26. The second kappa shape index (κ2) is 10.5. The first-order valence-electron chi connectivity index (χ1n) is 10.5. The molecule has 5 nitrogen and oxygen atoms in total. The van der Waals surface area contributed by atoms with E-state index in [-0.39, 0.29) is 18.0 Å². The lowest BCUT2D eigenvalue weighted by atomic mass is 9.96. The van der Waals surface area contributed by atoms with Gasteiger partial charge in [-0.1, -0.05) is 6.42 Å². The summed E-state index contributed by atoms with van der Waals surface area (Å²) >= 11 is 6.07. The zero-order chi connectivity index (χ0) is 19.9. The monoisotopic (exact) mass is 409 g/mol. The lowest BCUT2D eigenvalue weighted by molar-refractivity contribution is 0.0382. The number of likely N-dealkylation sites (tertiary alicyclic amines) is 1. The molecule has 0 spiro atoms. The van der Waals surface area contributed by atoms with Crippen LogP contribution in [-0.2, 0) is 15.4 Å². The molecule has 2 heterocycles. The van der Waals surface area contributed by atoms with Gasteiger partial charge in [0.15, 0.2) is 0 Å². The zero-order valence-corrected chi connectivity index (χ0v) is 17.7. The summed E-state index contributed by atoms with van der Waals surface area (Å²) in [5.41, 5.74) is 1.26. The highest BCUT2D eigenvalue weighted by atomic mass is 35.5. The third-order valence-electron chi connectivity index (χ3n) is 5.76. The third kappa shape index (κ3) is 5.40. The number of hydrogen-bond acceptors (Lipinski definition) is 5. The standard InChI is InChI=1S/C22H32ClNO4/c1-3-27-22(25)20-8-7-19(12-18(20)13-23)28-16(2)21-6-4-5-10-24(21)14-17-9-11-26-15-17/h7-8,12,16-17,21H,3-6,9-11,13-15H2,1-2H3. The topological polar surface area (TPSA) is 48.0 Å². The minimum atomic E-state index is -0.338. The van der Waals surface area contributed by atoms with Crippen LogP contribution < -0.4 is 4.74 Å². The van der Waals surface area contributed by atoms with Gasteiger partial charge in [-0.25, -0.2) is 4.79 Å². The number of halogens is 1. The van der Waals surface area contributed by atoms with Gasteiger partial charge in [-0.15, -0.1) is 11.6 Å². The second-order valence-corrected chi connectivity index (χ2v) is 8.05. The largest absolute Gasteiger partial charge is 0.489 e. The molecule has 3 atom stereocenters. The van der Waals surface area contributed by atoms with Gasteiger partial charge >= 0.3 is 5.97 Å². The number of ether oxygens (including phenoxy) is 3. The van der Waals surface area contributed by atoms with Crippen LogP contribution in [0, 0.1) is 5.92 Å². The summed E-state index contributed by atoms with van der Waals surface area (Å²) in [4.78, 5) is 14.7. The lowest BCUT2D eigenvalue weighted by Crippen LogP contribution is -2.49. The minimum Gasteiger partial charge on any atom is -0.489 e. The Morgan fingerprint density at radius 2 is 2.21 bits per heavy atom. The van der Waals surface area contributed by atoms with Gasteiger partial charge < -0.3 is 14.2 Å². The minimum absolute atomic E-state index is 0.0687. The Hall–Kier alpha value is -1.30. The van der Waals surface area contributed by atoms with Crippen molar-refractivity contribution in [1.82, 2.24) is 4.90 Å². The highest BCUT2D eigenvalue weighted by molar-refractivity contribution is 6.17. The van der Waals surface area contributed by atoms with Crippen LogP contribution in [0.4, 0.5) is 0 Å². The van der Waals surface area contributed by atoms with Gasteiger partial charge in [0, 0.05) is 25.1 Å². The van der Waals surface area contributed by atoms with Crippen molar-refractivity contribution in [1.29, 1.82) is 0 Å². The van der Waals surface area contributed by atoms with E-state index in [0.717, 1.165) is 50.5 Å². The molecule has 6 heteroatoms. The number of hydrogen-bond donors (Lipinski definition) is 0. The summed E-state index contributed by atoms with van der Waals surface area (Å²) in [6, 6.07) is 5.87. The van der Waals surface area contributed by atoms with Gasteiger partial charge in [-0.05, 0) is 69.3 Å². The Morgan fingerprint density at radius 3 is 2.93 bits per heavy atom. The van der Waals surface area contributed by atoms with Crippen molar-refractivity contribution in [3.8, 4) is 5.75 Å². The molecular weight excluding hydrogens is 378 g/mol. The molecule has 0 bridgehead atoms. The normalized spacial score (nSPS) is 24.1. The van der Waals surface area contributed by atoms with E-state index in [4.69, 9.17) is 25.8 Å². The summed E-state index contributed by atoms with van der Waals surface area (Å²) in [6.45, 7) is 8.28. The van der Waals surface area contributed by atoms with Crippen molar-refractivity contribution in [3.05, 3.63) is 29.3 Å². The maximum atomic E-state index is 12.1. The molecule has 0 radical (unpaired) electrons. The van der Waals surface area contributed by atoms with Crippen molar-refractivity contribution >= 4 is 17.6 Å². The fourth-order valence-electron chi connectivity index (χ4n) is 4.29. The number of carbonyl (C=O) groups is 1. The first-order valence-corrected chi connectivity index (χ1v) is 11.0. The molecule has 2 fully saturated rings. The van der Waals surface area contributed by atoms with Crippen LogP contribution in [0.3, 0.4) is 0 Å². The van der Waals surface area contributed by atoms with Crippen molar-refractivity contribution in [2.24, 2.45) is 5.92 Å². The van der Waals surface area contributed by atoms with Crippen molar-refractivity contribution in [2.45, 2.75) is 57.6 Å². The average Bonchev–Trinajstić information content (AvgIpc) is 3.21. The van der Waals surface area contributed by atoms with Crippen molar-refractivity contribution in [2.75, 3.05) is 32.9 Å². The Kier molecular flexibility index (Phi) is 8.00. The molecule has 0 N–H and O–H groups in total. The molecule has 3 rings (SSSR count). The van der Waals surface area contributed by atoms with E-state index in [2.05, 4.69) is 11.8 Å². The summed E-state index contributed by atoms with van der Waals surface area (Å²) in [5.74, 6) is 1.30. The van der Waals surface area contributed by atoms with Gasteiger partial charge in [0.2, 0.25) is 0 Å². The molecule has 0 aromatic heterocycles. The first kappa shape index (κ1) is 21.4. The Balaban J connectivity index is 1.66. The SMILES string of the molecule is CCOC(=O)c1ccc(OC(C)C2CCCCN2CC2CCOC2)cc1CCl. The van der Waals surface area contributed by atoms with Crippen LogP contribution in [0.5, 0.6) is 5.75 Å². The van der Waals surface area contributed by atoms with Crippen molar-refractivity contribution in [3.63, 3.8) is 0 Å². The quantitative estimate of drug-likeness (QED) is 0.474. The predicted molar refractivity (Wildman–Crippen MR) is 110 cm³/mol. The number of benzene rings is 1. The number of alkyl halides is 1. The molecule has 0 saturated carbocycles. The Bertz CT molecular complexity index is 647. The smallest absolute Gasteiger partial charge is 0.338 e. The molecule has 28 heavy (non-hydrogen) atoms. The first-order chi connectivity index (χ1) is 13.6. The maximum Gasteiger partial charge on any atom is 0.338 e. The summed E-state index contributed by atoms with van der Waals surface area (Å²) in [6.07, 6.45) is 4.87. The van der Waals surface area contributed by atoms with E-state index in [1.54, 1.807) is 13.0 Å². The second-order valence-electron chi connectivity index (χ2n) is 7.78. The van der Waals surface area contributed by atoms with E-state index in [1.165, 1.54) is 12.8 Å². The fraction of sp³-hybridized carbons (Fsp3) is 0.682. The molecule has 1 aromatic carbocycles.